The van der Waals surface area contributed by atoms with E-state index in [9.17, 15) is 0 Å². The van der Waals surface area contributed by atoms with Gasteiger partial charge in [-0.2, -0.15) is 0 Å². The van der Waals surface area contributed by atoms with Crippen LogP contribution in [-0.4, -0.2) is 0 Å². The maximum absolute atomic E-state index is 6.71. The smallest absolute Gasteiger partial charge is 0.143 e. The Kier molecular flexibility index (Phi) is 8.17. The Bertz CT molecular complexity index is 3610. The van der Waals surface area contributed by atoms with Gasteiger partial charge in [0, 0.05) is 43.8 Å². The van der Waals surface area contributed by atoms with Gasteiger partial charge in [-0.3, -0.25) is 0 Å². The van der Waals surface area contributed by atoms with Crippen molar-refractivity contribution in [3.05, 3.63) is 224 Å². The van der Waals surface area contributed by atoms with Gasteiger partial charge in [0.1, 0.15) is 22.3 Å². The lowest BCUT2D eigenvalue weighted by molar-refractivity contribution is 0.669. The van der Waals surface area contributed by atoms with Crippen LogP contribution in [0.1, 0.15) is 0 Å². The summed E-state index contributed by atoms with van der Waals surface area (Å²) in [6.07, 6.45) is 0. The molecule has 0 spiro atoms. The second-order valence-electron chi connectivity index (χ2n) is 15.6. The first-order valence-electron chi connectivity index (χ1n) is 20.8. The van der Waals surface area contributed by atoms with Crippen LogP contribution in [0.4, 0.5) is 17.1 Å². The van der Waals surface area contributed by atoms with E-state index in [4.69, 9.17) is 8.83 Å². The number of furan rings is 2. The zero-order chi connectivity index (χ0) is 40.3. The summed E-state index contributed by atoms with van der Waals surface area (Å²) in [5, 5.41) is 6.81. The van der Waals surface area contributed by atoms with E-state index >= 15 is 0 Å². The van der Waals surface area contributed by atoms with Crippen molar-refractivity contribution in [3.63, 3.8) is 0 Å². The summed E-state index contributed by atoms with van der Waals surface area (Å²) in [5.74, 6) is 0. The standard InChI is InChI=1S/C58H37NO2/c1-2-17-38(18-3-1)42-26-14-19-39-20-15-27-47(57(39)42)43-22-5-10-31-52(43)59(51-30-9-4-21-41(51)40-35-36-56-50(37-40)46-25-8-12-33-54(46)60-56)53-32-11-6-23-44(53)48-28-16-29-49-45-24-7-13-34-55(45)61-58(48)49/h1-37H. The van der Waals surface area contributed by atoms with E-state index in [1.54, 1.807) is 0 Å². The summed E-state index contributed by atoms with van der Waals surface area (Å²) in [6.45, 7) is 0. The minimum Gasteiger partial charge on any atom is -0.456 e. The summed E-state index contributed by atoms with van der Waals surface area (Å²) in [4.78, 5) is 2.46. The summed E-state index contributed by atoms with van der Waals surface area (Å²) in [5.41, 5.74) is 15.6. The Labute approximate surface area is 353 Å². The normalized spacial score (nSPS) is 11.6. The van der Waals surface area contributed by atoms with Gasteiger partial charge in [0.15, 0.2) is 0 Å². The van der Waals surface area contributed by atoms with Crippen LogP contribution in [0.5, 0.6) is 0 Å². The van der Waals surface area contributed by atoms with Crippen molar-refractivity contribution in [3.8, 4) is 44.5 Å². The molecule has 3 nitrogen and oxygen atoms in total. The molecular weight excluding hydrogens is 743 g/mol. The quantitative estimate of drug-likeness (QED) is 0.161. The van der Waals surface area contributed by atoms with Crippen LogP contribution in [0, 0.1) is 0 Å². The molecule has 3 heteroatoms. The molecule has 61 heavy (non-hydrogen) atoms. The van der Waals surface area contributed by atoms with E-state index in [0.717, 1.165) is 94.3 Å². The fourth-order valence-electron chi connectivity index (χ4n) is 9.37. The summed E-state index contributed by atoms with van der Waals surface area (Å²) >= 11 is 0. The molecule has 0 N–H and O–H groups in total. The highest BCUT2D eigenvalue weighted by Gasteiger charge is 2.25. The highest BCUT2D eigenvalue weighted by Crippen LogP contribution is 2.50. The molecule has 12 rings (SSSR count). The predicted molar refractivity (Wildman–Crippen MR) is 255 cm³/mol. The molecule has 0 unspecified atom stereocenters. The van der Waals surface area contributed by atoms with Crippen molar-refractivity contribution < 1.29 is 8.83 Å². The van der Waals surface area contributed by atoms with Gasteiger partial charge in [-0.05, 0) is 75.5 Å². The number of rotatable bonds is 7. The predicted octanol–water partition coefficient (Wildman–Crippen LogP) is 16.8. The Morgan fingerprint density at radius 3 is 1.51 bits per heavy atom. The third-order valence-electron chi connectivity index (χ3n) is 12.1. The molecule has 0 atom stereocenters. The van der Waals surface area contributed by atoms with Crippen LogP contribution in [-0.2, 0) is 0 Å². The Balaban J connectivity index is 1.15. The number of hydrogen-bond donors (Lipinski definition) is 0. The van der Waals surface area contributed by atoms with Gasteiger partial charge < -0.3 is 13.7 Å². The molecule has 10 aromatic carbocycles. The monoisotopic (exact) mass is 779 g/mol. The van der Waals surface area contributed by atoms with Crippen LogP contribution in [0.3, 0.4) is 0 Å². The van der Waals surface area contributed by atoms with Crippen LogP contribution in [0.15, 0.2) is 233 Å². The van der Waals surface area contributed by atoms with E-state index in [-0.39, 0.29) is 0 Å². The number of fused-ring (bicyclic) bond motifs is 7. The fourth-order valence-corrected chi connectivity index (χ4v) is 9.37. The molecule has 0 radical (unpaired) electrons. The topological polar surface area (TPSA) is 29.5 Å². The van der Waals surface area contributed by atoms with Gasteiger partial charge in [0.2, 0.25) is 0 Å². The van der Waals surface area contributed by atoms with Crippen molar-refractivity contribution >= 4 is 71.7 Å². The largest absolute Gasteiger partial charge is 0.456 e. The molecule has 2 heterocycles. The number of para-hydroxylation sites is 6. The summed E-state index contributed by atoms with van der Waals surface area (Å²) in [7, 11) is 0. The molecule has 0 saturated carbocycles. The molecule has 0 aliphatic heterocycles. The van der Waals surface area contributed by atoms with E-state index in [0.29, 0.717) is 0 Å². The first-order valence-corrected chi connectivity index (χ1v) is 20.8. The van der Waals surface area contributed by atoms with Crippen molar-refractivity contribution in [2.45, 2.75) is 0 Å². The average molecular weight is 780 g/mol. The van der Waals surface area contributed by atoms with Crippen LogP contribution >= 0.6 is 0 Å². The second kappa shape index (κ2) is 14.3. The molecule has 12 aromatic rings. The van der Waals surface area contributed by atoms with Crippen molar-refractivity contribution in [2.24, 2.45) is 0 Å². The van der Waals surface area contributed by atoms with Gasteiger partial charge in [-0.15, -0.1) is 0 Å². The van der Waals surface area contributed by atoms with Crippen LogP contribution in [0.2, 0.25) is 0 Å². The number of hydrogen-bond acceptors (Lipinski definition) is 3. The van der Waals surface area contributed by atoms with Crippen molar-refractivity contribution in [1.82, 2.24) is 0 Å². The highest BCUT2D eigenvalue weighted by atomic mass is 16.3. The fraction of sp³-hybridized carbons (Fsp3) is 0. The zero-order valence-corrected chi connectivity index (χ0v) is 33.1. The Morgan fingerprint density at radius 2 is 0.770 bits per heavy atom. The molecule has 0 saturated heterocycles. The van der Waals surface area contributed by atoms with Gasteiger partial charge in [0.25, 0.3) is 0 Å². The lowest BCUT2D eigenvalue weighted by atomic mass is 9.90. The zero-order valence-electron chi connectivity index (χ0n) is 33.1. The van der Waals surface area contributed by atoms with Crippen LogP contribution < -0.4 is 4.90 Å². The first kappa shape index (κ1) is 34.9. The molecule has 0 aliphatic carbocycles. The van der Waals surface area contributed by atoms with Gasteiger partial charge in [0.05, 0.1) is 17.1 Å². The number of nitrogens with zero attached hydrogens (tertiary/aromatic N) is 1. The summed E-state index contributed by atoms with van der Waals surface area (Å²) < 4.78 is 13.0. The number of anilines is 3. The lowest BCUT2D eigenvalue weighted by Gasteiger charge is -2.32. The minimum absolute atomic E-state index is 0.872. The second-order valence-corrected chi connectivity index (χ2v) is 15.6. The molecule has 0 bridgehead atoms. The molecule has 286 valence electrons. The highest BCUT2D eigenvalue weighted by molar-refractivity contribution is 6.13. The third-order valence-corrected chi connectivity index (χ3v) is 12.1. The summed E-state index contributed by atoms with van der Waals surface area (Å²) in [6, 6.07) is 80.1. The Hall–Kier alpha value is -8.14. The Morgan fingerprint density at radius 1 is 0.279 bits per heavy atom. The first-order chi connectivity index (χ1) is 30.3. The molecule has 0 aliphatic rings. The van der Waals surface area contributed by atoms with Gasteiger partial charge in [-0.1, -0.05) is 182 Å². The third kappa shape index (κ3) is 5.74. The van der Waals surface area contributed by atoms with E-state index in [2.05, 4.69) is 211 Å². The van der Waals surface area contributed by atoms with E-state index in [1.165, 1.54) is 21.9 Å². The van der Waals surface area contributed by atoms with Crippen molar-refractivity contribution in [1.29, 1.82) is 0 Å². The van der Waals surface area contributed by atoms with E-state index in [1.807, 2.05) is 18.2 Å². The van der Waals surface area contributed by atoms with Crippen LogP contribution in [0.25, 0.3) is 99.2 Å². The number of benzene rings is 10. The molecule has 0 fully saturated rings. The SMILES string of the molecule is c1ccc(-c2cccc3cccc(-c4ccccc4N(c4ccccc4-c4ccc5oc6ccccc6c5c4)c4ccccc4-c4cccc5c4oc4ccccc45)c23)cc1. The molecule has 0 amide bonds. The molecular formula is C58H37NO2. The lowest BCUT2D eigenvalue weighted by Crippen LogP contribution is -2.13. The van der Waals surface area contributed by atoms with Gasteiger partial charge in [-0.25, -0.2) is 0 Å². The van der Waals surface area contributed by atoms with Crippen molar-refractivity contribution in [2.75, 3.05) is 4.90 Å². The maximum atomic E-state index is 6.71. The molecule has 2 aromatic heterocycles. The minimum atomic E-state index is 0.872. The van der Waals surface area contributed by atoms with Gasteiger partial charge >= 0.3 is 0 Å². The van der Waals surface area contributed by atoms with E-state index < -0.39 is 0 Å². The maximum Gasteiger partial charge on any atom is 0.143 e. The average Bonchev–Trinajstić information content (AvgIpc) is 3.90.